The van der Waals surface area contributed by atoms with E-state index in [9.17, 15) is 5.11 Å². The summed E-state index contributed by atoms with van der Waals surface area (Å²) >= 11 is 8.24. The van der Waals surface area contributed by atoms with E-state index in [1.165, 1.54) is 35.3 Å². The highest BCUT2D eigenvalue weighted by Gasteiger charge is 2.24. The van der Waals surface area contributed by atoms with Crippen LogP contribution in [-0.2, 0) is 6.54 Å². The molecule has 2 unspecified atom stereocenters. The summed E-state index contributed by atoms with van der Waals surface area (Å²) in [6, 6.07) is 8.30. The van der Waals surface area contributed by atoms with Crippen LogP contribution in [0.5, 0.6) is 0 Å². The second kappa shape index (κ2) is 7.10. The molecular weight excluding hydrogens is 302 g/mol. The molecule has 0 amide bonds. The van der Waals surface area contributed by atoms with Crippen molar-refractivity contribution in [1.29, 1.82) is 0 Å². The Labute approximate surface area is 135 Å². The Balaban J connectivity index is 1.60. The Morgan fingerprint density at radius 3 is 2.71 bits per heavy atom. The molecule has 2 nitrogen and oxygen atoms in total. The van der Waals surface area contributed by atoms with Crippen LogP contribution in [-0.4, -0.2) is 18.3 Å². The lowest BCUT2D eigenvalue weighted by Crippen LogP contribution is -2.32. The van der Waals surface area contributed by atoms with Gasteiger partial charge in [0.15, 0.2) is 0 Å². The van der Waals surface area contributed by atoms with Crippen molar-refractivity contribution in [3.8, 4) is 0 Å². The van der Waals surface area contributed by atoms with Gasteiger partial charge in [0.1, 0.15) is 0 Å². The summed E-state index contributed by atoms with van der Waals surface area (Å²) in [6.45, 7) is 2.14. The number of aliphatic hydroxyl groups excluding tert-OH is 1. The number of fused-ring (bicyclic) bond motifs is 1. The maximum Gasteiger partial charge on any atom is 0.0636 e. The van der Waals surface area contributed by atoms with Crippen molar-refractivity contribution in [3.63, 3.8) is 0 Å². The van der Waals surface area contributed by atoms with Crippen molar-refractivity contribution in [1.82, 2.24) is 5.32 Å². The number of rotatable bonds is 5. The van der Waals surface area contributed by atoms with Crippen LogP contribution in [0.15, 0.2) is 24.3 Å². The Bertz CT molecular complexity index is 597. The average molecular weight is 324 g/mol. The van der Waals surface area contributed by atoms with Crippen molar-refractivity contribution in [3.05, 3.63) is 34.2 Å². The first kappa shape index (κ1) is 15.3. The van der Waals surface area contributed by atoms with Crippen LogP contribution >= 0.6 is 22.9 Å². The molecule has 21 heavy (non-hydrogen) atoms. The third-order valence-electron chi connectivity index (χ3n) is 4.59. The van der Waals surface area contributed by atoms with Crippen molar-refractivity contribution in [2.45, 2.75) is 32.2 Å². The first-order chi connectivity index (χ1) is 10.3. The Hall–Kier alpha value is -0.610. The molecule has 3 rings (SSSR count). The van der Waals surface area contributed by atoms with E-state index >= 15 is 0 Å². The van der Waals surface area contributed by atoms with E-state index in [0.29, 0.717) is 18.4 Å². The summed E-state index contributed by atoms with van der Waals surface area (Å²) in [4.78, 5) is 1.22. The van der Waals surface area contributed by atoms with Gasteiger partial charge in [-0.3, -0.25) is 0 Å². The van der Waals surface area contributed by atoms with Gasteiger partial charge in [0.2, 0.25) is 0 Å². The molecule has 1 aliphatic rings. The zero-order chi connectivity index (χ0) is 14.7. The molecular formula is C17H22ClNOS. The standard InChI is InChI=1S/C17H22ClNOS/c18-17-14-7-3-4-8-15(14)21-16(17)10-19-9-12-5-1-2-6-13(12)11-20/h3-4,7-8,12-13,19-20H,1-2,5-6,9-11H2. The van der Waals surface area contributed by atoms with Crippen molar-refractivity contribution in [2.75, 3.05) is 13.2 Å². The maximum absolute atomic E-state index is 9.47. The minimum atomic E-state index is 0.329. The van der Waals surface area contributed by atoms with E-state index in [1.807, 2.05) is 6.07 Å². The largest absolute Gasteiger partial charge is 0.396 e. The lowest BCUT2D eigenvalue weighted by molar-refractivity contribution is 0.133. The molecule has 0 aliphatic heterocycles. The van der Waals surface area contributed by atoms with E-state index in [2.05, 4.69) is 23.5 Å². The minimum absolute atomic E-state index is 0.329. The second-order valence-corrected chi connectivity index (χ2v) is 7.47. The highest BCUT2D eigenvalue weighted by Crippen LogP contribution is 2.35. The molecule has 1 saturated carbocycles. The fourth-order valence-corrected chi connectivity index (χ4v) is 4.81. The highest BCUT2D eigenvalue weighted by atomic mass is 35.5. The molecule has 1 aromatic heterocycles. The van der Waals surface area contributed by atoms with E-state index in [0.717, 1.165) is 23.5 Å². The van der Waals surface area contributed by atoms with Crippen molar-refractivity contribution < 1.29 is 5.11 Å². The van der Waals surface area contributed by atoms with Crippen LogP contribution in [0, 0.1) is 11.8 Å². The van der Waals surface area contributed by atoms with Gasteiger partial charge in [0, 0.05) is 28.1 Å². The third-order valence-corrected chi connectivity index (χ3v) is 6.31. The Morgan fingerprint density at radius 1 is 1.19 bits per heavy atom. The van der Waals surface area contributed by atoms with Gasteiger partial charge < -0.3 is 10.4 Å². The Kier molecular flexibility index (Phi) is 5.17. The number of nitrogens with one attached hydrogen (secondary N) is 1. The molecule has 0 spiro atoms. The van der Waals surface area contributed by atoms with Gasteiger partial charge in [-0.25, -0.2) is 0 Å². The van der Waals surface area contributed by atoms with Gasteiger partial charge in [-0.05, 0) is 37.3 Å². The van der Waals surface area contributed by atoms with Gasteiger partial charge in [-0.1, -0.05) is 42.6 Å². The lowest BCUT2D eigenvalue weighted by Gasteiger charge is -2.30. The quantitative estimate of drug-likeness (QED) is 0.852. The molecule has 114 valence electrons. The number of aliphatic hydroxyl groups is 1. The first-order valence-electron chi connectivity index (χ1n) is 7.77. The van der Waals surface area contributed by atoms with Crippen LogP contribution in [0.2, 0.25) is 5.02 Å². The predicted molar refractivity (Wildman–Crippen MR) is 91.1 cm³/mol. The molecule has 0 radical (unpaired) electrons. The van der Waals surface area contributed by atoms with Gasteiger partial charge in [-0.2, -0.15) is 0 Å². The molecule has 1 fully saturated rings. The fraction of sp³-hybridized carbons (Fsp3) is 0.529. The molecule has 0 bridgehead atoms. The highest BCUT2D eigenvalue weighted by molar-refractivity contribution is 7.19. The summed E-state index contributed by atoms with van der Waals surface area (Å²) in [5.41, 5.74) is 0. The number of benzene rings is 1. The number of thiophene rings is 1. The van der Waals surface area contributed by atoms with Crippen LogP contribution < -0.4 is 5.32 Å². The zero-order valence-electron chi connectivity index (χ0n) is 12.1. The monoisotopic (exact) mass is 323 g/mol. The van der Waals surface area contributed by atoms with Gasteiger partial charge in [0.05, 0.1) is 5.02 Å². The molecule has 2 atom stereocenters. The molecule has 1 heterocycles. The molecule has 0 saturated heterocycles. The molecule has 2 N–H and O–H groups in total. The van der Waals surface area contributed by atoms with E-state index in [4.69, 9.17) is 11.6 Å². The molecule has 4 heteroatoms. The van der Waals surface area contributed by atoms with Crippen LogP contribution in [0.3, 0.4) is 0 Å². The topological polar surface area (TPSA) is 32.3 Å². The summed E-state index contributed by atoms with van der Waals surface area (Å²) in [7, 11) is 0. The number of hydrogen-bond acceptors (Lipinski definition) is 3. The van der Waals surface area contributed by atoms with Gasteiger partial charge in [-0.15, -0.1) is 11.3 Å². The first-order valence-corrected chi connectivity index (χ1v) is 8.96. The third kappa shape index (κ3) is 3.42. The molecule has 1 aromatic carbocycles. The van der Waals surface area contributed by atoms with Crippen molar-refractivity contribution >= 4 is 33.0 Å². The van der Waals surface area contributed by atoms with Crippen LogP contribution in [0.4, 0.5) is 0 Å². The maximum atomic E-state index is 9.47. The molecule has 2 aromatic rings. The number of hydrogen-bond donors (Lipinski definition) is 2. The summed E-state index contributed by atoms with van der Waals surface area (Å²) < 4.78 is 1.25. The minimum Gasteiger partial charge on any atom is -0.396 e. The zero-order valence-corrected chi connectivity index (χ0v) is 13.7. The van der Waals surface area contributed by atoms with Gasteiger partial charge in [0.25, 0.3) is 0 Å². The average Bonchev–Trinajstić information content (AvgIpc) is 2.85. The van der Waals surface area contributed by atoms with E-state index < -0.39 is 0 Å². The summed E-state index contributed by atoms with van der Waals surface area (Å²) in [5.74, 6) is 1.08. The van der Waals surface area contributed by atoms with Crippen LogP contribution in [0.1, 0.15) is 30.6 Å². The van der Waals surface area contributed by atoms with Gasteiger partial charge >= 0.3 is 0 Å². The van der Waals surface area contributed by atoms with E-state index in [1.54, 1.807) is 11.3 Å². The summed E-state index contributed by atoms with van der Waals surface area (Å²) in [6.07, 6.45) is 4.97. The SMILES string of the molecule is OCC1CCCCC1CNCc1sc2ccccc2c1Cl. The van der Waals surface area contributed by atoms with E-state index in [-0.39, 0.29) is 0 Å². The Morgan fingerprint density at radius 2 is 1.95 bits per heavy atom. The molecule has 1 aliphatic carbocycles. The second-order valence-electron chi connectivity index (χ2n) is 5.95. The normalized spacial score (nSPS) is 22.8. The summed E-state index contributed by atoms with van der Waals surface area (Å²) in [5, 5.41) is 15.1. The fourth-order valence-electron chi connectivity index (χ4n) is 3.34. The predicted octanol–water partition coefficient (Wildman–Crippen LogP) is 4.44. The lowest BCUT2D eigenvalue weighted by atomic mass is 9.79. The smallest absolute Gasteiger partial charge is 0.0636 e. The van der Waals surface area contributed by atoms with Crippen LogP contribution in [0.25, 0.3) is 10.1 Å². The van der Waals surface area contributed by atoms with Crippen molar-refractivity contribution in [2.24, 2.45) is 11.8 Å². The number of halogens is 1.